The lowest BCUT2D eigenvalue weighted by atomic mass is 9.64. The van der Waals surface area contributed by atoms with Crippen LogP contribution in [0.4, 0.5) is 34.1 Å². The predicted molar refractivity (Wildman–Crippen MR) is 263 cm³/mol. The molecule has 2 nitrogen and oxygen atoms in total. The van der Waals surface area contributed by atoms with Crippen LogP contribution in [0.15, 0.2) is 255 Å². The van der Waals surface area contributed by atoms with Crippen LogP contribution in [0.1, 0.15) is 22.3 Å². The Morgan fingerprint density at radius 1 is 0.286 bits per heavy atom. The molecule has 0 saturated heterocycles. The summed E-state index contributed by atoms with van der Waals surface area (Å²) in [5.41, 5.74) is 20.9. The Bertz CT molecular complexity index is 3250. The van der Waals surface area contributed by atoms with Crippen molar-refractivity contribution in [3.05, 3.63) is 277 Å². The van der Waals surface area contributed by atoms with Crippen molar-refractivity contribution < 1.29 is 0 Å². The molecule has 10 aromatic carbocycles. The van der Waals surface area contributed by atoms with E-state index in [4.69, 9.17) is 0 Å². The fourth-order valence-electron chi connectivity index (χ4n) is 10.5. The molecule has 1 spiro atoms. The van der Waals surface area contributed by atoms with Crippen LogP contribution in [0, 0.1) is 0 Å². The first-order chi connectivity index (χ1) is 31.3. The first kappa shape index (κ1) is 36.6. The van der Waals surface area contributed by atoms with Gasteiger partial charge in [0.1, 0.15) is 0 Å². The third kappa shape index (κ3) is 5.72. The van der Waals surface area contributed by atoms with Gasteiger partial charge in [-0.25, -0.2) is 0 Å². The monoisotopic (exact) mass is 802 g/mol. The number of nitrogens with zero attached hydrogens (tertiary/aromatic N) is 2. The molecule has 0 aromatic heterocycles. The smallest absolute Gasteiger partial charge is 0.0755 e. The van der Waals surface area contributed by atoms with Crippen molar-refractivity contribution in [1.29, 1.82) is 0 Å². The second kappa shape index (κ2) is 15.1. The third-order valence-electron chi connectivity index (χ3n) is 13.1. The minimum Gasteiger partial charge on any atom is -0.310 e. The van der Waals surface area contributed by atoms with Crippen LogP contribution in [0.2, 0.25) is 0 Å². The highest BCUT2D eigenvalue weighted by atomic mass is 15.2. The van der Waals surface area contributed by atoms with E-state index in [1.54, 1.807) is 0 Å². The molecule has 2 heteroatoms. The number of hydrogen-bond donors (Lipinski definition) is 0. The van der Waals surface area contributed by atoms with E-state index in [0.717, 1.165) is 33.9 Å². The van der Waals surface area contributed by atoms with Gasteiger partial charge in [0, 0.05) is 22.5 Å². The van der Waals surface area contributed by atoms with Crippen molar-refractivity contribution in [2.45, 2.75) is 5.41 Å². The van der Waals surface area contributed by atoms with Crippen LogP contribution < -0.4 is 9.80 Å². The van der Waals surface area contributed by atoms with E-state index in [-0.39, 0.29) is 0 Å². The lowest BCUT2D eigenvalue weighted by Gasteiger charge is -2.45. The van der Waals surface area contributed by atoms with Crippen LogP contribution >= 0.6 is 0 Å². The molecule has 12 rings (SSSR count). The summed E-state index contributed by atoms with van der Waals surface area (Å²) >= 11 is 0. The number of fused-ring (bicyclic) bond motifs is 9. The Labute approximate surface area is 369 Å². The Kier molecular flexibility index (Phi) is 8.76. The van der Waals surface area contributed by atoms with Gasteiger partial charge in [-0.2, -0.15) is 0 Å². The molecular formula is C61H42N2. The minimum atomic E-state index is -0.593. The molecule has 296 valence electrons. The average Bonchev–Trinajstić information content (AvgIpc) is 3.65. The van der Waals surface area contributed by atoms with Gasteiger partial charge in [0.25, 0.3) is 0 Å². The molecule has 1 aliphatic heterocycles. The molecule has 1 aliphatic carbocycles. The number of rotatable bonds is 7. The first-order valence-electron chi connectivity index (χ1n) is 21.8. The fraction of sp³-hybridized carbons (Fsp3) is 0.0164. The molecule has 63 heavy (non-hydrogen) atoms. The summed E-state index contributed by atoms with van der Waals surface area (Å²) in [7, 11) is 0. The van der Waals surface area contributed by atoms with E-state index < -0.39 is 5.41 Å². The van der Waals surface area contributed by atoms with Gasteiger partial charge >= 0.3 is 0 Å². The summed E-state index contributed by atoms with van der Waals surface area (Å²) in [5.74, 6) is 0. The van der Waals surface area contributed by atoms with Gasteiger partial charge in [-0.15, -0.1) is 0 Å². The molecule has 0 fully saturated rings. The average molecular weight is 803 g/mol. The topological polar surface area (TPSA) is 6.48 Å². The summed E-state index contributed by atoms with van der Waals surface area (Å²) in [5, 5.41) is 0. The van der Waals surface area contributed by atoms with Crippen molar-refractivity contribution in [3.63, 3.8) is 0 Å². The summed E-state index contributed by atoms with van der Waals surface area (Å²) in [4.78, 5) is 4.95. The van der Waals surface area contributed by atoms with E-state index in [1.807, 2.05) is 0 Å². The van der Waals surface area contributed by atoms with Gasteiger partial charge in [-0.05, 0) is 104 Å². The van der Waals surface area contributed by atoms with E-state index in [1.165, 1.54) is 67.0 Å². The summed E-state index contributed by atoms with van der Waals surface area (Å²) in [6, 6.07) is 93.4. The Morgan fingerprint density at radius 3 is 1.35 bits per heavy atom. The zero-order valence-corrected chi connectivity index (χ0v) is 34.6. The van der Waals surface area contributed by atoms with Gasteiger partial charge in [-0.3, -0.25) is 0 Å². The first-order valence-corrected chi connectivity index (χ1v) is 21.8. The molecule has 0 unspecified atom stereocenters. The maximum absolute atomic E-state index is 2.51. The summed E-state index contributed by atoms with van der Waals surface area (Å²) in [6.45, 7) is 0. The quantitative estimate of drug-likeness (QED) is 0.158. The lowest BCUT2D eigenvalue weighted by molar-refractivity contribution is 0.752. The summed E-state index contributed by atoms with van der Waals surface area (Å²) < 4.78 is 0. The van der Waals surface area contributed by atoms with E-state index in [2.05, 4.69) is 265 Å². The van der Waals surface area contributed by atoms with Crippen LogP contribution in [0.25, 0.3) is 44.5 Å². The highest BCUT2D eigenvalue weighted by Crippen LogP contribution is 2.64. The lowest BCUT2D eigenvalue weighted by Crippen LogP contribution is -2.36. The molecule has 0 amide bonds. The number of anilines is 6. The Balaban J connectivity index is 1.16. The van der Waals surface area contributed by atoms with Crippen LogP contribution in [0.3, 0.4) is 0 Å². The molecule has 0 atom stereocenters. The Morgan fingerprint density at radius 2 is 0.714 bits per heavy atom. The normalized spacial score (nSPS) is 12.9. The van der Waals surface area contributed by atoms with Crippen molar-refractivity contribution in [2.75, 3.05) is 9.80 Å². The minimum absolute atomic E-state index is 0.593. The van der Waals surface area contributed by atoms with Crippen molar-refractivity contribution in [3.8, 4) is 44.5 Å². The molecule has 2 aliphatic rings. The van der Waals surface area contributed by atoms with E-state index in [0.29, 0.717) is 0 Å². The van der Waals surface area contributed by atoms with Crippen molar-refractivity contribution >= 4 is 34.1 Å². The molecule has 0 bridgehead atoms. The number of benzene rings is 10. The van der Waals surface area contributed by atoms with Crippen molar-refractivity contribution in [1.82, 2.24) is 0 Å². The van der Waals surface area contributed by atoms with Gasteiger partial charge < -0.3 is 9.80 Å². The molecule has 0 N–H and O–H groups in total. The molecule has 1 heterocycles. The predicted octanol–water partition coefficient (Wildman–Crippen LogP) is 16.3. The van der Waals surface area contributed by atoms with Crippen LogP contribution in [-0.2, 0) is 5.41 Å². The third-order valence-corrected chi connectivity index (χ3v) is 13.1. The van der Waals surface area contributed by atoms with Crippen LogP contribution in [0.5, 0.6) is 0 Å². The molecule has 0 saturated carbocycles. The molecule has 10 aromatic rings. The number of para-hydroxylation sites is 5. The standard InChI is InChI=1S/C61H42N2/c1-4-22-43(23-5-1)47-28-10-11-30-49(47)52-32-14-19-37-58(52)63(57-36-18-13-29-48(57)44-24-6-2-7-25-44)46-40-41-51-50-31-12-15-33-53(50)61(56(51)42-46)54-34-16-20-38-59(54)62(45-26-8-3-9-27-45)60-39-21-17-35-55(60)61/h1-42H. The van der Waals surface area contributed by atoms with Crippen LogP contribution in [-0.4, -0.2) is 0 Å². The second-order valence-electron chi connectivity index (χ2n) is 16.4. The second-order valence-corrected chi connectivity index (χ2v) is 16.4. The molecular weight excluding hydrogens is 761 g/mol. The van der Waals surface area contributed by atoms with Gasteiger partial charge in [0.2, 0.25) is 0 Å². The largest absolute Gasteiger partial charge is 0.310 e. The SMILES string of the molecule is c1ccc(-c2ccccc2-c2ccccc2N(c2ccc3c(c2)C2(c4ccccc4-3)c3ccccc3N(c3ccccc3)c3ccccc32)c2ccccc2-c2ccccc2)cc1. The zero-order chi connectivity index (χ0) is 41.7. The zero-order valence-electron chi connectivity index (χ0n) is 34.6. The van der Waals surface area contributed by atoms with E-state index in [9.17, 15) is 0 Å². The van der Waals surface area contributed by atoms with Gasteiger partial charge in [0.15, 0.2) is 0 Å². The number of hydrogen-bond acceptors (Lipinski definition) is 2. The summed E-state index contributed by atoms with van der Waals surface area (Å²) in [6.07, 6.45) is 0. The highest BCUT2D eigenvalue weighted by molar-refractivity contribution is 6.00. The van der Waals surface area contributed by atoms with Crippen molar-refractivity contribution in [2.24, 2.45) is 0 Å². The van der Waals surface area contributed by atoms with Gasteiger partial charge in [0.05, 0.1) is 28.2 Å². The Hall–Kier alpha value is -8.20. The maximum Gasteiger partial charge on any atom is 0.0755 e. The van der Waals surface area contributed by atoms with E-state index >= 15 is 0 Å². The fourth-order valence-corrected chi connectivity index (χ4v) is 10.5. The maximum atomic E-state index is 2.51. The highest BCUT2D eigenvalue weighted by Gasteiger charge is 2.51. The molecule has 0 radical (unpaired) electrons. The van der Waals surface area contributed by atoms with Gasteiger partial charge in [-0.1, -0.05) is 206 Å².